The summed E-state index contributed by atoms with van der Waals surface area (Å²) in [4.78, 5) is 4.99. The molecule has 2 aliphatic carbocycles. The molecule has 0 spiro atoms. The Balaban J connectivity index is 0.963. The molecule has 0 amide bonds. The van der Waals surface area contributed by atoms with Gasteiger partial charge in [0, 0.05) is 43.7 Å². The molecule has 0 saturated heterocycles. The Morgan fingerprint density at radius 2 is 0.629 bits per heavy atom. The van der Waals surface area contributed by atoms with Crippen molar-refractivity contribution in [3.63, 3.8) is 0 Å². The van der Waals surface area contributed by atoms with Gasteiger partial charge in [-0.3, -0.25) is 0 Å². The Morgan fingerprint density at radius 3 is 1.09 bits per heavy atom. The van der Waals surface area contributed by atoms with Crippen LogP contribution in [0.4, 0.5) is 34.1 Å². The third kappa shape index (κ3) is 5.80. The van der Waals surface area contributed by atoms with Crippen molar-refractivity contribution < 1.29 is 0 Å². The zero-order chi connectivity index (χ0) is 46.9. The minimum absolute atomic E-state index is 0.281. The lowest BCUT2D eigenvalue weighted by Crippen LogP contribution is -2.25. The van der Waals surface area contributed by atoms with Crippen molar-refractivity contribution in [2.45, 2.75) is 38.5 Å². The molecular formula is C68H50N2. The van der Waals surface area contributed by atoms with Crippen molar-refractivity contribution >= 4 is 88.0 Å². The minimum Gasteiger partial charge on any atom is -0.309 e. The maximum atomic E-state index is 2.56. The first-order valence-corrected chi connectivity index (χ1v) is 24.7. The predicted octanol–water partition coefficient (Wildman–Crippen LogP) is 19.0. The summed E-state index contributed by atoms with van der Waals surface area (Å²) in [6.45, 7) is 9.74. The van der Waals surface area contributed by atoms with Crippen molar-refractivity contribution in [1.82, 2.24) is 0 Å². The second-order valence-electron chi connectivity index (χ2n) is 20.4. The summed E-state index contributed by atoms with van der Waals surface area (Å²) in [6.07, 6.45) is 0. The summed E-state index contributed by atoms with van der Waals surface area (Å²) >= 11 is 0. The number of hydrogen-bond donors (Lipinski definition) is 0. The van der Waals surface area contributed by atoms with Crippen molar-refractivity contribution in [2.24, 2.45) is 0 Å². The number of benzene rings is 12. The fraction of sp³-hybridized carbons (Fsp3) is 0.0882. The van der Waals surface area contributed by atoms with Crippen LogP contribution in [0.2, 0.25) is 0 Å². The zero-order valence-corrected chi connectivity index (χ0v) is 39.8. The van der Waals surface area contributed by atoms with Crippen molar-refractivity contribution in [3.8, 4) is 22.3 Å². The normalized spacial score (nSPS) is 13.9. The van der Waals surface area contributed by atoms with Crippen molar-refractivity contribution in [1.29, 1.82) is 0 Å². The van der Waals surface area contributed by atoms with Crippen LogP contribution in [0.1, 0.15) is 49.9 Å². The molecule has 2 nitrogen and oxygen atoms in total. The van der Waals surface area contributed by atoms with E-state index in [2.05, 4.69) is 268 Å². The summed E-state index contributed by atoms with van der Waals surface area (Å²) in [5, 5.41) is 12.5. The first kappa shape index (κ1) is 40.6. The highest BCUT2D eigenvalue weighted by Crippen LogP contribution is 2.59. The highest BCUT2D eigenvalue weighted by atomic mass is 15.2. The molecule has 0 aliphatic heterocycles. The number of rotatable bonds is 6. The maximum absolute atomic E-state index is 2.56. The lowest BCUT2D eigenvalue weighted by molar-refractivity contribution is 0.644. The highest BCUT2D eigenvalue weighted by molar-refractivity contribution is 6.14. The molecule has 2 heteroatoms. The number of hydrogen-bond acceptors (Lipinski definition) is 2. The Morgan fingerprint density at radius 1 is 0.271 bits per heavy atom. The quantitative estimate of drug-likeness (QED) is 0.164. The molecule has 14 rings (SSSR count). The van der Waals surface area contributed by atoms with Crippen LogP contribution >= 0.6 is 0 Å². The largest absolute Gasteiger partial charge is 0.309 e. The second kappa shape index (κ2) is 15.0. The van der Waals surface area contributed by atoms with Crippen LogP contribution in [0.15, 0.2) is 231 Å². The Hall–Kier alpha value is -8.46. The van der Waals surface area contributed by atoms with Gasteiger partial charge in [0.2, 0.25) is 0 Å². The van der Waals surface area contributed by atoms with E-state index < -0.39 is 0 Å². The summed E-state index contributed by atoms with van der Waals surface area (Å²) in [5.41, 5.74) is 17.2. The summed E-state index contributed by atoms with van der Waals surface area (Å²) in [7, 11) is 0. The fourth-order valence-corrected chi connectivity index (χ4v) is 12.5. The predicted molar refractivity (Wildman–Crippen MR) is 298 cm³/mol. The lowest BCUT2D eigenvalue weighted by Gasteiger charge is -2.37. The fourth-order valence-electron chi connectivity index (χ4n) is 12.5. The first-order valence-electron chi connectivity index (χ1n) is 24.7. The van der Waals surface area contributed by atoms with Crippen LogP contribution in [0.3, 0.4) is 0 Å². The van der Waals surface area contributed by atoms with E-state index in [-0.39, 0.29) is 10.8 Å². The Labute approximate surface area is 409 Å². The third-order valence-electron chi connectivity index (χ3n) is 16.0. The molecule has 0 radical (unpaired) electrons. The van der Waals surface area contributed by atoms with E-state index in [1.807, 2.05) is 0 Å². The van der Waals surface area contributed by atoms with E-state index in [0.717, 1.165) is 11.4 Å². The van der Waals surface area contributed by atoms with Gasteiger partial charge in [0.25, 0.3) is 0 Å². The van der Waals surface area contributed by atoms with E-state index in [0.29, 0.717) is 0 Å². The molecule has 12 aromatic carbocycles. The molecule has 0 saturated carbocycles. The lowest BCUT2D eigenvalue weighted by atomic mass is 9.67. The SMILES string of the molecule is CC1(C)c2cc(N(c3cccc4ccccc34)c3cccc4ccccc34)ccc2-c2c1cc1c3c(cccc23)C(C)(C)c2cc(N(c3cccc4ccccc34)c3cccc4ccccc34)ccc2-1. The van der Waals surface area contributed by atoms with E-state index in [1.165, 1.54) is 121 Å². The molecule has 2 aliphatic rings. The zero-order valence-electron chi connectivity index (χ0n) is 39.8. The van der Waals surface area contributed by atoms with Crippen LogP contribution in [0.25, 0.3) is 76.1 Å². The summed E-state index contributed by atoms with van der Waals surface area (Å²) < 4.78 is 0. The smallest absolute Gasteiger partial charge is 0.0540 e. The molecule has 0 atom stereocenters. The van der Waals surface area contributed by atoms with E-state index in [9.17, 15) is 0 Å². The van der Waals surface area contributed by atoms with Crippen molar-refractivity contribution in [3.05, 3.63) is 253 Å². The standard InChI is InChI=1S/C68H50N2/c1-67(2)57-31-17-30-55-65-54-39-37-48(70(63-34-15-24-45-20-7-11-28-51(45)63)64-35-16-25-46-21-8-12-29-52(46)64)41-59(54)68(3,4)60(65)42-56(66(55)57)53-38-36-47(40-58(53)67)69(61-32-13-22-43-18-5-9-26-49(43)61)62-33-14-23-44-19-6-10-27-50(44)62/h5-42H,1-4H3. The van der Waals surface area contributed by atoms with E-state index >= 15 is 0 Å². The highest BCUT2D eigenvalue weighted by Gasteiger charge is 2.41. The van der Waals surface area contributed by atoms with Gasteiger partial charge in [-0.05, 0) is 131 Å². The summed E-state index contributed by atoms with van der Waals surface area (Å²) in [6, 6.07) is 86.1. The molecule has 0 bridgehead atoms. The molecule has 12 aromatic rings. The van der Waals surface area contributed by atoms with Gasteiger partial charge in [0.1, 0.15) is 0 Å². The number of fused-ring (bicyclic) bond motifs is 10. The van der Waals surface area contributed by atoms with Gasteiger partial charge >= 0.3 is 0 Å². The van der Waals surface area contributed by atoms with Crippen LogP contribution in [0, 0.1) is 0 Å². The van der Waals surface area contributed by atoms with Crippen LogP contribution in [-0.4, -0.2) is 0 Å². The molecular weight excluding hydrogens is 845 g/mol. The van der Waals surface area contributed by atoms with Gasteiger partial charge in [-0.15, -0.1) is 0 Å². The maximum Gasteiger partial charge on any atom is 0.0540 e. The molecule has 0 fully saturated rings. The molecule has 0 unspecified atom stereocenters. The molecule has 0 aromatic heterocycles. The number of nitrogens with zero attached hydrogens (tertiary/aromatic N) is 2. The Bertz CT molecular complexity index is 3980. The van der Waals surface area contributed by atoms with Gasteiger partial charge in [-0.25, -0.2) is 0 Å². The van der Waals surface area contributed by atoms with Gasteiger partial charge < -0.3 is 9.80 Å². The molecule has 332 valence electrons. The third-order valence-corrected chi connectivity index (χ3v) is 16.0. The Kier molecular flexibility index (Phi) is 8.71. The van der Waals surface area contributed by atoms with E-state index in [4.69, 9.17) is 0 Å². The molecule has 0 N–H and O–H groups in total. The van der Waals surface area contributed by atoms with Gasteiger partial charge in [0.05, 0.1) is 22.7 Å². The van der Waals surface area contributed by atoms with Gasteiger partial charge in [-0.2, -0.15) is 0 Å². The summed E-state index contributed by atoms with van der Waals surface area (Å²) in [5.74, 6) is 0. The van der Waals surface area contributed by atoms with Gasteiger partial charge in [0.15, 0.2) is 0 Å². The average molecular weight is 895 g/mol. The number of anilines is 6. The van der Waals surface area contributed by atoms with Crippen LogP contribution in [-0.2, 0) is 10.8 Å². The first-order chi connectivity index (χ1) is 34.3. The van der Waals surface area contributed by atoms with Crippen LogP contribution < -0.4 is 9.80 Å². The molecule has 0 heterocycles. The minimum atomic E-state index is -0.284. The topological polar surface area (TPSA) is 6.48 Å². The monoisotopic (exact) mass is 894 g/mol. The van der Waals surface area contributed by atoms with Crippen molar-refractivity contribution in [2.75, 3.05) is 9.80 Å². The molecule has 70 heavy (non-hydrogen) atoms. The van der Waals surface area contributed by atoms with Crippen LogP contribution in [0.5, 0.6) is 0 Å². The average Bonchev–Trinajstić information content (AvgIpc) is 3.63. The van der Waals surface area contributed by atoms with E-state index in [1.54, 1.807) is 0 Å². The second-order valence-corrected chi connectivity index (χ2v) is 20.4. The van der Waals surface area contributed by atoms with Gasteiger partial charge in [-0.1, -0.05) is 204 Å².